The van der Waals surface area contributed by atoms with Crippen LogP contribution in [0.3, 0.4) is 0 Å². The molecule has 1 amide bonds. The topological polar surface area (TPSA) is 66.5 Å². The van der Waals surface area contributed by atoms with Crippen molar-refractivity contribution >= 4 is 33.2 Å². The molecule has 0 saturated carbocycles. The second kappa shape index (κ2) is 7.52. The molecule has 0 spiro atoms. The van der Waals surface area contributed by atoms with E-state index in [-0.39, 0.29) is 22.5 Å². The fourth-order valence-corrected chi connectivity index (χ4v) is 3.99. The molecule has 7 heteroatoms. The molecule has 0 bridgehead atoms. The Morgan fingerprint density at radius 3 is 2.56 bits per heavy atom. The van der Waals surface area contributed by atoms with Crippen molar-refractivity contribution in [1.29, 1.82) is 0 Å². The number of aryl methyl sites for hydroxylation is 2. The minimum absolute atomic E-state index is 0.184. The van der Waals surface area contributed by atoms with Gasteiger partial charge in [-0.25, -0.2) is 8.42 Å². The Hall–Kier alpha value is -2.05. The van der Waals surface area contributed by atoms with Crippen molar-refractivity contribution in [2.75, 3.05) is 17.6 Å². The molecule has 27 heavy (non-hydrogen) atoms. The molecule has 0 aliphatic heterocycles. The zero-order chi connectivity index (χ0) is 19.8. The second-order valence-electron chi connectivity index (χ2n) is 6.97. The molecule has 2 aromatic carbocycles. The smallest absolute Gasteiger partial charge is 0.253 e. The minimum Gasteiger partial charge on any atom is -0.345 e. The van der Waals surface area contributed by atoms with Crippen molar-refractivity contribution in [3.63, 3.8) is 0 Å². The summed E-state index contributed by atoms with van der Waals surface area (Å²) in [6, 6.07) is 10.8. The summed E-state index contributed by atoms with van der Waals surface area (Å²) in [5, 5.41) is 3.24. The minimum atomic E-state index is -3.42. The van der Waals surface area contributed by atoms with Crippen LogP contribution >= 0.6 is 11.6 Å². The number of nitrogens with one attached hydrogen (secondary N) is 1. The van der Waals surface area contributed by atoms with Crippen LogP contribution in [0.1, 0.15) is 46.4 Å². The number of sulfonamides is 1. The van der Waals surface area contributed by atoms with Crippen molar-refractivity contribution in [3.05, 3.63) is 63.7 Å². The van der Waals surface area contributed by atoms with Gasteiger partial charge in [-0.2, -0.15) is 0 Å². The summed E-state index contributed by atoms with van der Waals surface area (Å²) in [6.45, 7) is 1.93. The first-order chi connectivity index (χ1) is 12.7. The number of carbonyl (C=O) groups excluding carboxylic acids is 1. The predicted molar refractivity (Wildman–Crippen MR) is 109 cm³/mol. The van der Waals surface area contributed by atoms with E-state index in [0.29, 0.717) is 5.69 Å². The lowest BCUT2D eigenvalue weighted by atomic mass is 10.0. The fraction of sp³-hybridized carbons (Fsp3) is 0.350. The molecular weight excluding hydrogens is 384 g/mol. The zero-order valence-corrected chi connectivity index (χ0v) is 17.2. The van der Waals surface area contributed by atoms with Gasteiger partial charge in [-0.05, 0) is 61.1 Å². The molecule has 0 saturated heterocycles. The van der Waals surface area contributed by atoms with Gasteiger partial charge >= 0.3 is 0 Å². The highest BCUT2D eigenvalue weighted by molar-refractivity contribution is 7.92. The summed E-state index contributed by atoms with van der Waals surface area (Å²) in [5.74, 6) is -0.336. The Morgan fingerprint density at radius 2 is 1.85 bits per heavy atom. The zero-order valence-electron chi connectivity index (χ0n) is 15.6. The van der Waals surface area contributed by atoms with Crippen LogP contribution in [0.15, 0.2) is 36.4 Å². The van der Waals surface area contributed by atoms with Crippen LogP contribution in [0.25, 0.3) is 0 Å². The molecule has 3 rings (SSSR count). The van der Waals surface area contributed by atoms with Gasteiger partial charge in [0, 0.05) is 7.05 Å². The highest BCUT2D eigenvalue weighted by Gasteiger charge is 2.19. The first-order valence-corrected chi connectivity index (χ1v) is 11.1. The number of carbonyl (C=O) groups is 1. The molecule has 144 valence electrons. The molecule has 0 aromatic heterocycles. The van der Waals surface area contributed by atoms with Crippen molar-refractivity contribution < 1.29 is 13.2 Å². The van der Waals surface area contributed by atoms with Crippen LogP contribution in [-0.4, -0.2) is 27.6 Å². The third-order valence-corrected chi connectivity index (χ3v) is 6.56. The summed E-state index contributed by atoms with van der Waals surface area (Å²) < 4.78 is 24.6. The number of hydrogen-bond donors (Lipinski definition) is 1. The van der Waals surface area contributed by atoms with Crippen LogP contribution < -0.4 is 9.62 Å². The van der Waals surface area contributed by atoms with Crippen LogP contribution in [0.5, 0.6) is 0 Å². The number of nitrogens with zero attached hydrogens (tertiary/aromatic N) is 1. The van der Waals surface area contributed by atoms with Gasteiger partial charge in [0.05, 0.1) is 28.6 Å². The van der Waals surface area contributed by atoms with E-state index >= 15 is 0 Å². The molecule has 1 atom stereocenters. The monoisotopic (exact) mass is 406 g/mol. The van der Waals surface area contributed by atoms with Crippen molar-refractivity contribution in [2.45, 2.75) is 32.2 Å². The lowest BCUT2D eigenvalue weighted by Gasteiger charge is -2.19. The van der Waals surface area contributed by atoms with E-state index in [1.807, 2.05) is 13.0 Å². The summed E-state index contributed by atoms with van der Waals surface area (Å²) in [5.41, 5.74) is 4.42. The third-order valence-electron chi connectivity index (χ3n) is 5.03. The highest BCUT2D eigenvalue weighted by atomic mass is 35.5. The van der Waals surface area contributed by atoms with Crippen LogP contribution in [0.2, 0.25) is 5.02 Å². The predicted octanol–water partition coefficient (Wildman–Crippen LogP) is 3.72. The normalized spacial score (nSPS) is 14.5. The number of fused-ring (bicyclic) bond motifs is 1. The number of halogens is 1. The second-order valence-corrected chi connectivity index (χ2v) is 9.39. The Balaban J connectivity index is 1.81. The fourth-order valence-electron chi connectivity index (χ4n) is 3.29. The molecule has 2 aromatic rings. The van der Waals surface area contributed by atoms with Gasteiger partial charge in [-0.15, -0.1) is 0 Å². The van der Waals surface area contributed by atoms with E-state index < -0.39 is 10.0 Å². The molecule has 1 N–H and O–H groups in total. The SMILES string of the molecule is C[C@H](NC(=O)c1cc(N(C)S(C)(=O)=O)ccc1Cl)c1ccc2c(c1)CCC2. The van der Waals surface area contributed by atoms with E-state index in [1.54, 1.807) is 6.07 Å². The molecule has 1 aliphatic rings. The van der Waals surface area contributed by atoms with Crippen molar-refractivity contribution in [1.82, 2.24) is 5.32 Å². The molecule has 0 heterocycles. The van der Waals surface area contributed by atoms with Crippen LogP contribution in [0, 0.1) is 0 Å². The Labute approximate surface area is 165 Å². The highest BCUT2D eigenvalue weighted by Crippen LogP contribution is 2.27. The number of anilines is 1. The van der Waals surface area contributed by atoms with E-state index in [2.05, 4.69) is 17.4 Å². The van der Waals surface area contributed by atoms with Crippen LogP contribution in [-0.2, 0) is 22.9 Å². The maximum Gasteiger partial charge on any atom is 0.253 e. The maximum absolute atomic E-state index is 12.7. The molecule has 0 radical (unpaired) electrons. The Kier molecular flexibility index (Phi) is 5.49. The average molecular weight is 407 g/mol. The molecule has 0 fully saturated rings. The lowest BCUT2D eigenvalue weighted by molar-refractivity contribution is 0.0940. The molecule has 0 unspecified atom stereocenters. The van der Waals surface area contributed by atoms with E-state index in [0.717, 1.165) is 29.0 Å². The van der Waals surface area contributed by atoms with Gasteiger partial charge in [0.1, 0.15) is 0 Å². The summed E-state index contributed by atoms with van der Waals surface area (Å²) >= 11 is 6.19. The third kappa shape index (κ3) is 4.28. The van der Waals surface area contributed by atoms with Crippen molar-refractivity contribution in [2.24, 2.45) is 0 Å². The maximum atomic E-state index is 12.7. The van der Waals surface area contributed by atoms with Crippen LogP contribution in [0.4, 0.5) is 5.69 Å². The molecule has 1 aliphatic carbocycles. The average Bonchev–Trinajstić information content (AvgIpc) is 3.08. The van der Waals surface area contributed by atoms with Crippen molar-refractivity contribution in [3.8, 4) is 0 Å². The standard InChI is InChI=1S/C20H23ClN2O3S/c1-13(15-8-7-14-5-4-6-16(14)11-15)22-20(24)18-12-17(9-10-19(18)21)23(2)27(3,25)26/h7-13H,4-6H2,1-3H3,(H,22,24)/t13-/m0/s1. The largest absolute Gasteiger partial charge is 0.345 e. The van der Waals surface area contributed by atoms with E-state index in [1.165, 1.54) is 36.7 Å². The van der Waals surface area contributed by atoms with E-state index in [4.69, 9.17) is 11.6 Å². The summed E-state index contributed by atoms with van der Waals surface area (Å²) in [4.78, 5) is 12.7. The van der Waals surface area contributed by atoms with Gasteiger partial charge < -0.3 is 5.32 Å². The molecule has 5 nitrogen and oxygen atoms in total. The number of benzene rings is 2. The lowest BCUT2D eigenvalue weighted by Crippen LogP contribution is -2.28. The van der Waals surface area contributed by atoms with E-state index in [9.17, 15) is 13.2 Å². The number of amides is 1. The van der Waals surface area contributed by atoms with Gasteiger partial charge in [0.25, 0.3) is 5.91 Å². The van der Waals surface area contributed by atoms with Gasteiger partial charge in [-0.3, -0.25) is 9.10 Å². The summed E-state index contributed by atoms with van der Waals surface area (Å²) in [6.07, 6.45) is 4.48. The van der Waals surface area contributed by atoms with Gasteiger partial charge in [-0.1, -0.05) is 29.8 Å². The Morgan fingerprint density at radius 1 is 1.15 bits per heavy atom. The Bertz CT molecular complexity index is 989. The van der Waals surface area contributed by atoms with Gasteiger partial charge in [0.15, 0.2) is 0 Å². The molecular formula is C20H23ClN2O3S. The van der Waals surface area contributed by atoms with Gasteiger partial charge in [0.2, 0.25) is 10.0 Å². The first kappa shape index (κ1) is 19.7. The number of rotatable bonds is 5. The number of hydrogen-bond acceptors (Lipinski definition) is 3. The summed E-state index contributed by atoms with van der Waals surface area (Å²) in [7, 11) is -1.99. The quantitative estimate of drug-likeness (QED) is 0.822. The first-order valence-electron chi connectivity index (χ1n) is 8.83.